The van der Waals surface area contributed by atoms with Crippen LogP contribution in [0.25, 0.3) is 0 Å². The van der Waals surface area contributed by atoms with Gasteiger partial charge in [0.1, 0.15) is 5.75 Å². The van der Waals surface area contributed by atoms with Crippen molar-refractivity contribution in [2.75, 3.05) is 20.2 Å². The highest BCUT2D eigenvalue weighted by Crippen LogP contribution is 2.32. The van der Waals surface area contributed by atoms with E-state index in [0.717, 1.165) is 18.7 Å². The molecular formula is C13H16N2O. The molecule has 1 saturated heterocycles. The Bertz CT molecular complexity index is 397. The standard InChI is InChI=1S/C13H16N2O/c1-16-12-5-2-4-11(10-12)13-6-3-8-15(13)9-7-14/h2,4-5,10,13H,3,6,8-9H2,1H3. The van der Waals surface area contributed by atoms with Crippen molar-refractivity contribution in [1.29, 1.82) is 5.26 Å². The fourth-order valence-electron chi connectivity index (χ4n) is 2.33. The minimum absolute atomic E-state index is 0.384. The van der Waals surface area contributed by atoms with Crippen LogP contribution in [0.5, 0.6) is 5.75 Å². The summed E-state index contributed by atoms with van der Waals surface area (Å²) in [5.74, 6) is 0.890. The van der Waals surface area contributed by atoms with Crippen LogP contribution < -0.4 is 4.74 Å². The van der Waals surface area contributed by atoms with Crippen molar-refractivity contribution in [3.8, 4) is 11.8 Å². The molecule has 84 valence electrons. The van der Waals surface area contributed by atoms with E-state index >= 15 is 0 Å². The van der Waals surface area contributed by atoms with E-state index in [1.54, 1.807) is 7.11 Å². The van der Waals surface area contributed by atoms with E-state index in [1.165, 1.54) is 12.0 Å². The normalized spacial score (nSPS) is 20.6. The third-order valence-electron chi connectivity index (χ3n) is 3.12. The van der Waals surface area contributed by atoms with Crippen LogP contribution in [0.2, 0.25) is 0 Å². The molecule has 3 heteroatoms. The number of hydrogen-bond donors (Lipinski definition) is 0. The van der Waals surface area contributed by atoms with E-state index in [1.807, 2.05) is 12.1 Å². The van der Waals surface area contributed by atoms with Gasteiger partial charge >= 0.3 is 0 Å². The second-order valence-corrected chi connectivity index (χ2v) is 4.06. The van der Waals surface area contributed by atoms with Crippen LogP contribution in [0.3, 0.4) is 0 Å². The van der Waals surface area contributed by atoms with E-state index in [4.69, 9.17) is 10.00 Å². The first-order chi connectivity index (χ1) is 7.85. The summed E-state index contributed by atoms with van der Waals surface area (Å²) in [5, 5.41) is 8.78. The monoisotopic (exact) mass is 216 g/mol. The Balaban J connectivity index is 2.19. The van der Waals surface area contributed by atoms with Crippen molar-refractivity contribution < 1.29 is 4.74 Å². The van der Waals surface area contributed by atoms with Gasteiger partial charge in [-0.2, -0.15) is 5.26 Å². The maximum absolute atomic E-state index is 8.78. The highest BCUT2D eigenvalue weighted by molar-refractivity contribution is 5.31. The van der Waals surface area contributed by atoms with Crippen molar-refractivity contribution in [1.82, 2.24) is 4.90 Å². The highest BCUT2D eigenvalue weighted by atomic mass is 16.5. The fourth-order valence-corrected chi connectivity index (χ4v) is 2.33. The molecule has 1 aromatic carbocycles. The van der Waals surface area contributed by atoms with E-state index in [0.29, 0.717) is 12.6 Å². The first-order valence-corrected chi connectivity index (χ1v) is 5.60. The fraction of sp³-hybridized carbons (Fsp3) is 0.462. The van der Waals surface area contributed by atoms with Gasteiger partial charge in [-0.05, 0) is 37.1 Å². The summed E-state index contributed by atoms with van der Waals surface area (Å²) in [5.41, 5.74) is 1.26. The second-order valence-electron chi connectivity index (χ2n) is 4.06. The highest BCUT2D eigenvalue weighted by Gasteiger charge is 2.25. The molecule has 0 bridgehead atoms. The summed E-state index contributed by atoms with van der Waals surface area (Å²) in [4.78, 5) is 2.23. The third kappa shape index (κ3) is 2.17. The van der Waals surface area contributed by atoms with Crippen LogP contribution in [-0.2, 0) is 0 Å². The zero-order chi connectivity index (χ0) is 11.4. The lowest BCUT2D eigenvalue weighted by Crippen LogP contribution is -2.23. The lowest BCUT2D eigenvalue weighted by molar-refractivity contribution is 0.288. The molecule has 0 amide bonds. The predicted molar refractivity (Wildman–Crippen MR) is 62.2 cm³/mol. The van der Waals surface area contributed by atoms with Gasteiger partial charge < -0.3 is 4.74 Å². The summed E-state index contributed by atoms with van der Waals surface area (Å²) in [6, 6.07) is 10.8. The van der Waals surface area contributed by atoms with Crippen molar-refractivity contribution in [2.45, 2.75) is 18.9 Å². The molecule has 1 heterocycles. The quantitative estimate of drug-likeness (QED) is 0.728. The van der Waals surface area contributed by atoms with Crippen LogP contribution in [0.4, 0.5) is 0 Å². The zero-order valence-corrected chi connectivity index (χ0v) is 9.52. The van der Waals surface area contributed by atoms with E-state index < -0.39 is 0 Å². The molecule has 1 aliphatic heterocycles. The third-order valence-corrected chi connectivity index (χ3v) is 3.12. The number of hydrogen-bond acceptors (Lipinski definition) is 3. The second kappa shape index (κ2) is 5.00. The Labute approximate surface area is 96.2 Å². The predicted octanol–water partition coefficient (Wildman–Crippen LogP) is 2.36. The molecule has 2 rings (SSSR count). The SMILES string of the molecule is COc1cccc(C2CCCN2CC#N)c1. The summed E-state index contributed by atoms with van der Waals surface area (Å²) in [6.45, 7) is 1.54. The summed E-state index contributed by atoms with van der Waals surface area (Å²) in [6.07, 6.45) is 2.30. The van der Waals surface area contributed by atoms with Crippen molar-refractivity contribution in [2.24, 2.45) is 0 Å². The number of methoxy groups -OCH3 is 1. The lowest BCUT2D eigenvalue weighted by atomic mass is 10.0. The number of benzene rings is 1. The first kappa shape index (κ1) is 11.0. The number of rotatable bonds is 3. The van der Waals surface area contributed by atoms with Gasteiger partial charge in [-0.15, -0.1) is 0 Å². The molecule has 0 aliphatic carbocycles. The molecule has 1 atom stereocenters. The molecule has 0 saturated carbocycles. The van der Waals surface area contributed by atoms with Crippen LogP contribution in [-0.4, -0.2) is 25.1 Å². The van der Waals surface area contributed by atoms with Gasteiger partial charge in [-0.3, -0.25) is 4.90 Å². The Hall–Kier alpha value is -1.53. The molecule has 1 aliphatic rings. The van der Waals surface area contributed by atoms with Gasteiger partial charge in [0.05, 0.1) is 19.7 Å². The Morgan fingerprint density at radius 1 is 1.56 bits per heavy atom. The van der Waals surface area contributed by atoms with Gasteiger partial charge in [0.15, 0.2) is 0 Å². The smallest absolute Gasteiger partial charge is 0.119 e. The number of ether oxygens (including phenoxy) is 1. The largest absolute Gasteiger partial charge is 0.497 e. The molecule has 0 aromatic heterocycles. The molecule has 1 aromatic rings. The van der Waals surface area contributed by atoms with Crippen molar-refractivity contribution in [3.63, 3.8) is 0 Å². The first-order valence-electron chi connectivity index (χ1n) is 5.60. The minimum atomic E-state index is 0.384. The summed E-state index contributed by atoms with van der Waals surface area (Å²) >= 11 is 0. The van der Waals surface area contributed by atoms with Gasteiger partial charge in [0.2, 0.25) is 0 Å². The molecular weight excluding hydrogens is 200 g/mol. The molecule has 1 unspecified atom stereocenters. The molecule has 0 N–H and O–H groups in total. The zero-order valence-electron chi connectivity index (χ0n) is 9.52. The van der Waals surface area contributed by atoms with E-state index in [9.17, 15) is 0 Å². The maximum atomic E-state index is 8.78. The van der Waals surface area contributed by atoms with Crippen molar-refractivity contribution in [3.05, 3.63) is 29.8 Å². The molecule has 16 heavy (non-hydrogen) atoms. The van der Waals surface area contributed by atoms with Crippen LogP contribution in [0.1, 0.15) is 24.4 Å². The Morgan fingerprint density at radius 2 is 2.44 bits per heavy atom. The van der Waals surface area contributed by atoms with Gasteiger partial charge in [0, 0.05) is 6.04 Å². The van der Waals surface area contributed by atoms with Crippen LogP contribution in [0.15, 0.2) is 24.3 Å². The van der Waals surface area contributed by atoms with Gasteiger partial charge in [0.25, 0.3) is 0 Å². The Kier molecular flexibility index (Phi) is 3.43. The van der Waals surface area contributed by atoms with Gasteiger partial charge in [-0.1, -0.05) is 12.1 Å². The van der Waals surface area contributed by atoms with E-state index in [2.05, 4.69) is 23.1 Å². The van der Waals surface area contributed by atoms with Crippen molar-refractivity contribution >= 4 is 0 Å². The number of likely N-dealkylation sites (tertiary alicyclic amines) is 1. The lowest BCUT2D eigenvalue weighted by Gasteiger charge is -2.22. The average molecular weight is 216 g/mol. The molecule has 3 nitrogen and oxygen atoms in total. The minimum Gasteiger partial charge on any atom is -0.497 e. The number of nitrogens with zero attached hydrogens (tertiary/aromatic N) is 2. The van der Waals surface area contributed by atoms with Crippen LogP contribution in [0, 0.1) is 11.3 Å². The molecule has 0 radical (unpaired) electrons. The molecule has 0 spiro atoms. The Morgan fingerprint density at radius 3 is 3.19 bits per heavy atom. The maximum Gasteiger partial charge on any atom is 0.119 e. The average Bonchev–Trinajstić information content (AvgIpc) is 2.78. The van der Waals surface area contributed by atoms with E-state index in [-0.39, 0.29) is 0 Å². The topological polar surface area (TPSA) is 36.3 Å². The summed E-state index contributed by atoms with van der Waals surface area (Å²) in [7, 11) is 1.68. The van der Waals surface area contributed by atoms with Crippen LogP contribution >= 0.6 is 0 Å². The number of nitriles is 1. The summed E-state index contributed by atoms with van der Waals surface area (Å²) < 4.78 is 5.23. The van der Waals surface area contributed by atoms with Gasteiger partial charge in [-0.25, -0.2) is 0 Å². The molecule has 1 fully saturated rings.